The minimum atomic E-state index is -0.586. The smallest absolute Gasteiger partial charge is 0.311 e. The molecule has 3 heterocycles. The second-order valence-corrected chi connectivity index (χ2v) is 5.67. The van der Waals surface area contributed by atoms with E-state index in [-0.39, 0.29) is 17.5 Å². The van der Waals surface area contributed by atoms with Crippen molar-refractivity contribution in [3.63, 3.8) is 0 Å². The van der Waals surface area contributed by atoms with Crippen LogP contribution in [-0.2, 0) is 4.74 Å². The van der Waals surface area contributed by atoms with Gasteiger partial charge in [-0.1, -0.05) is 0 Å². The number of aromatic nitrogens is 2. The third-order valence-electron chi connectivity index (χ3n) is 3.86. The zero-order valence-electron chi connectivity index (χ0n) is 13.6. The molecule has 1 aliphatic rings. The highest BCUT2D eigenvalue weighted by atomic mass is 16.6. The minimum Gasteiger partial charge on any atom is -0.391 e. The highest BCUT2D eigenvalue weighted by molar-refractivity contribution is 5.66. The molecule has 0 saturated carbocycles. The number of aliphatic hydroxyl groups excluding tert-OH is 1. The van der Waals surface area contributed by atoms with Gasteiger partial charge in [-0.05, 0) is 24.6 Å². The fourth-order valence-corrected chi connectivity index (χ4v) is 2.48. The molecule has 2 atom stereocenters. The summed E-state index contributed by atoms with van der Waals surface area (Å²) in [6, 6.07) is 7.46. The van der Waals surface area contributed by atoms with Gasteiger partial charge in [0, 0.05) is 18.9 Å². The zero-order chi connectivity index (χ0) is 18.5. The molecule has 3 rings (SSSR count). The van der Waals surface area contributed by atoms with E-state index in [0.717, 1.165) is 0 Å². The first-order chi connectivity index (χ1) is 12.6. The SMILES string of the molecule is N#Cc1ccc(Nc2nc(NC3COCCC3O)ccc2[N+](=O)[O-])nc1. The summed E-state index contributed by atoms with van der Waals surface area (Å²) in [4.78, 5) is 18.9. The van der Waals surface area contributed by atoms with Crippen LogP contribution < -0.4 is 10.6 Å². The predicted molar refractivity (Wildman–Crippen MR) is 92.0 cm³/mol. The number of nitriles is 1. The van der Waals surface area contributed by atoms with E-state index >= 15 is 0 Å². The number of hydrogen-bond acceptors (Lipinski definition) is 9. The van der Waals surface area contributed by atoms with Crippen molar-refractivity contribution in [2.45, 2.75) is 18.6 Å². The van der Waals surface area contributed by atoms with Crippen molar-refractivity contribution in [3.8, 4) is 6.07 Å². The number of anilines is 3. The third-order valence-corrected chi connectivity index (χ3v) is 3.86. The summed E-state index contributed by atoms with van der Waals surface area (Å²) in [6.07, 6.45) is 1.27. The van der Waals surface area contributed by atoms with Crippen LogP contribution in [0.25, 0.3) is 0 Å². The summed E-state index contributed by atoms with van der Waals surface area (Å²) in [5, 5.41) is 35.9. The van der Waals surface area contributed by atoms with Crippen LogP contribution in [0.3, 0.4) is 0 Å². The first kappa shape index (κ1) is 17.5. The van der Waals surface area contributed by atoms with Crippen LogP contribution in [0.15, 0.2) is 30.5 Å². The Morgan fingerprint density at radius 2 is 2.15 bits per heavy atom. The molecule has 0 radical (unpaired) electrons. The van der Waals surface area contributed by atoms with Crippen LogP contribution in [0.4, 0.5) is 23.1 Å². The average molecular weight is 356 g/mol. The first-order valence-corrected chi connectivity index (χ1v) is 7.88. The summed E-state index contributed by atoms with van der Waals surface area (Å²) < 4.78 is 5.32. The van der Waals surface area contributed by atoms with Gasteiger partial charge in [-0.15, -0.1) is 0 Å². The number of aliphatic hydroxyl groups is 1. The van der Waals surface area contributed by atoms with Crippen LogP contribution in [0.2, 0.25) is 0 Å². The normalized spacial score (nSPS) is 19.4. The van der Waals surface area contributed by atoms with E-state index in [0.29, 0.717) is 36.8 Å². The highest BCUT2D eigenvalue weighted by Crippen LogP contribution is 2.27. The van der Waals surface area contributed by atoms with Crippen molar-refractivity contribution in [3.05, 3.63) is 46.1 Å². The number of rotatable bonds is 5. The van der Waals surface area contributed by atoms with Gasteiger partial charge < -0.3 is 20.5 Å². The van der Waals surface area contributed by atoms with Gasteiger partial charge in [-0.2, -0.15) is 5.26 Å². The standard InChI is InChI=1S/C16H16N6O4/c17-7-10-1-3-14(18-8-10)20-16-12(22(24)25)2-4-15(21-16)19-11-9-26-6-5-13(11)23/h1-4,8,11,13,23H,5-6,9H2,(H2,18,19,20,21). The second-order valence-electron chi connectivity index (χ2n) is 5.67. The van der Waals surface area contributed by atoms with Crippen LogP contribution in [0.5, 0.6) is 0 Å². The first-order valence-electron chi connectivity index (χ1n) is 7.88. The van der Waals surface area contributed by atoms with Crippen LogP contribution in [0, 0.1) is 21.4 Å². The van der Waals surface area contributed by atoms with E-state index < -0.39 is 11.0 Å². The topological polar surface area (TPSA) is 146 Å². The van der Waals surface area contributed by atoms with E-state index in [1.165, 1.54) is 24.4 Å². The molecule has 10 nitrogen and oxygen atoms in total. The fourth-order valence-electron chi connectivity index (χ4n) is 2.48. The summed E-state index contributed by atoms with van der Waals surface area (Å²) >= 11 is 0. The van der Waals surface area contributed by atoms with Crippen LogP contribution >= 0.6 is 0 Å². The molecule has 1 fully saturated rings. The molecule has 0 aliphatic carbocycles. The van der Waals surface area contributed by atoms with Gasteiger partial charge in [0.1, 0.15) is 17.7 Å². The van der Waals surface area contributed by atoms with Gasteiger partial charge in [-0.25, -0.2) is 9.97 Å². The Kier molecular flexibility index (Phi) is 5.21. The van der Waals surface area contributed by atoms with E-state index in [1.807, 2.05) is 6.07 Å². The number of nitro groups is 1. The van der Waals surface area contributed by atoms with E-state index in [4.69, 9.17) is 10.00 Å². The number of nitrogens with one attached hydrogen (secondary N) is 2. The molecule has 1 aliphatic heterocycles. The van der Waals surface area contributed by atoms with Crippen molar-refractivity contribution in [2.75, 3.05) is 23.8 Å². The maximum Gasteiger partial charge on any atom is 0.311 e. The Hall–Kier alpha value is -3.29. The quantitative estimate of drug-likeness (QED) is 0.536. The molecule has 0 bridgehead atoms. The largest absolute Gasteiger partial charge is 0.391 e. The molecule has 0 amide bonds. The van der Waals surface area contributed by atoms with Crippen molar-refractivity contribution < 1.29 is 14.8 Å². The van der Waals surface area contributed by atoms with E-state index in [9.17, 15) is 15.2 Å². The van der Waals surface area contributed by atoms with Gasteiger partial charge in [0.2, 0.25) is 5.82 Å². The van der Waals surface area contributed by atoms with Crippen molar-refractivity contribution in [2.24, 2.45) is 0 Å². The van der Waals surface area contributed by atoms with Gasteiger partial charge in [0.25, 0.3) is 0 Å². The Morgan fingerprint density at radius 3 is 2.81 bits per heavy atom. The van der Waals surface area contributed by atoms with Crippen LogP contribution in [-0.4, -0.2) is 45.4 Å². The van der Waals surface area contributed by atoms with Gasteiger partial charge >= 0.3 is 5.69 Å². The molecule has 2 aromatic heterocycles. The Balaban J connectivity index is 1.83. The number of hydrogen-bond donors (Lipinski definition) is 3. The summed E-state index contributed by atoms with van der Waals surface area (Å²) in [5.74, 6) is 0.683. The highest BCUT2D eigenvalue weighted by Gasteiger charge is 2.25. The Bertz CT molecular complexity index is 836. The van der Waals surface area contributed by atoms with Crippen molar-refractivity contribution in [1.82, 2.24) is 9.97 Å². The van der Waals surface area contributed by atoms with Crippen molar-refractivity contribution >= 4 is 23.1 Å². The molecular weight excluding hydrogens is 340 g/mol. The third kappa shape index (κ3) is 4.02. The second kappa shape index (κ2) is 7.73. The average Bonchev–Trinajstić information content (AvgIpc) is 2.64. The van der Waals surface area contributed by atoms with Gasteiger partial charge in [0.05, 0.1) is 29.2 Å². The predicted octanol–water partition coefficient (Wildman–Crippen LogP) is 1.56. The molecule has 2 unspecified atom stereocenters. The zero-order valence-corrected chi connectivity index (χ0v) is 13.6. The van der Waals surface area contributed by atoms with Crippen molar-refractivity contribution in [1.29, 1.82) is 5.26 Å². The van der Waals surface area contributed by atoms with Gasteiger partial charge in [0.15, 0.2) is 0 Å². The lowest BCUT2D eigenvalue weighted by Gasteiger charge is -2.28. The molecule has 134 valence electrons. The lowest BCUT2D eigenvalue weighted by atomic mass is 10.1. The van der Waals surface area contributed by atoms with Crippen LogP contribution in [0.1, 0.15) is 12.0 Å². The van der Waals surface area contributed by atoms with E-state index in [2.05, 4.69) is 20.6 Å². The molecule has 1 saturated heterocycles. The summed E-state index contributed by atoms with van der Waals surface area (Å²) in [5.41, 5.74) is 0.155. The van der Waals surface area contributed by atoms with E-state index in [1.54, 1.807) is 6.07 Å². The molecule has 26 heavy (non-hydrogen) atoms. The number of ether oxygens (including phenoxy) is 1. The maximum atomic E-state index is 11.2. The summed E-state index contributed by atoms with van der Waals surface area (Å²) in [6.45, 7) is 0.810. The lowest BCUT2D eigenvalue weighted by Crippen LogP contribution is -2.42. The Morgan fingerprint density at radius 1 is 1.35 bits per heavy atom. The molecule has 0 aromatic carbocycles. The number of nitrogens with zero attached hydrogens (tertiary/aromatic N) is 4. The lowest BCUT2D eigenvalue weighted by molar-refractivity contribution is -0.384. The minimum absolute atomic E-state index is 0.00317. The molecule has 3 N–H and O–H groups in total. The molecule has 0 spiro atoms. The molecular formula is C16H16N6O4. The fraction of sp³-hybridized carbons (Fsp3) is 0.312. The van der Waals surface area contributed by atoms with Gasteiger partial charge in [-0.3, -0.25) is 10.1 Å². The molecule has 10 heteroatoms. The maximum absolute atomic E-state index is 11.2. The number of pyridine rings is 2. The Labute approximate surface area is 148 Å². The monoisotopic (exact) mass is 356 g/mol. The summed E-state index contributed by atoms with van der Waals surface area (Å²) in [7, 11) is 0. The molecule has 2 aromatic rings.